The lowest BCUT2D eigenvalue weighted by Gasteiger charge is -2.21. The second-order valence-electron chi connectivity index (χ2n) is 7.70. The molecule has 7 heteroatoms. The number of carbonyl (C=O) groups is 3. The molecule has 0 aliphatic carbocycles. The van der Waals surface area contributed by atoms with Crippen molar-refractivity contribution in [2.24, 2.45) is 0 Å². The van der Waals surface area contributed by atoms with Crippen LogP contribution < -0.4 is 10.6 Å². The lowest BCUT2D eigenvalue weighted by molar-refractivity contribution is -0.127. The second kappa shape index (κ2) is 8.29. The fourth-order valence-corrected chi connectivity index (χ4v) is 2.81. The molecule has 0 bridgehead atoms. The predicted molar refractivity (Wildman–Crippen MR) is 107 cm³/mol. The van der Waals surface area contributed by atoms with Gasteiger partial charge in [0.2, 0.25) is 0 Å². The van der Waals surface area contributed by atoms with E-state index in [-0.39, 0.29) is 0 Å². The monoisotopic (exact) mass is 385 g/mol. The molecular weight excluding hydrogens is 358 g/mol. The molecule has 1 aromatic carbocycles. The number of hydrogen-bond acceptors (Lipinski definition) is 4. The van der Waals surface area contributed by atoms with Gasteiger partial charge in [-0.1, -0.05) is 18.2 Å². The molecule has 0 saturated carbocycles. The van der Waals surface area contributed by atoms with E-state index in [0.29, 0.717) is 11.3 Å². The van der Waals surface area contributed by atoms with Gasteiger partial charge in [0, 0.05) is 22.6 Å². The summed E-state index contributed by atoms with van der Waals surface area (Å²) in [5.41, 5.74) is 2.41. The number of esters is 1. The molecule has 28 heavy (non-hydrogen) atoms. The highest BCUT2D eigenvalue weighted by molar-refractivity contribution is 5.99. The van der Waals surface area contributed by atoms with Gasteiger partial charge >= 0.3 is 12.0 Å². The summed E-state index contributed by atoms with van der Waals surface area (Å²) in [5.74, 6) is -1.30. The molecule has 0 spiro atoms. The third-order valence-corrected chi connectivity index (χ3v) is 4.04. The van der Waals surface area contributed by atoms with Crippen LogP contribution in [0.4, 0.5) is 4.79 Å². The van der Waals surface area contributed by atoms with Gasteiger partial charge in [-0.25, -0.2) is 9.59 Å². The SMILES string of the molecule is Cc1cc(C(=O)OC(C)C(=O)NC(=O)NC(C)(C)C)c(C)n1-c1ccccc1. The fourth-order valence-electron chi connectivity index (χ4n) is 2.81. The highest BCUT2D eigenvalue weighted by atomic mass is 16.5. The average Bonchev–Trinajstić information content (AvgIpc) is 2.88. The van der Waals surface area contributed by atoms with Gasteiger partial charge in [0.15, 0.2) is 6.10 Å². The molecule has 0 aliphatic rings. The number of hydrogen-bond donors (Lipinski definition) is 2. The first-order chi connectivity index (χ1) is 13.0. The molecule has 0 aliphatic heterocycles. The average molecular weight is 385 g/mol. The van der Waals surface area contributed by atoms with Gasteiger partial charge < -0.3 is 14.6 Å². The molecule has 1 heterocycles. The number of carbonyl (C=O) groups excluding carboxylic acids is 3. The van der Waals surface area contributed by atoms with Crippen LogP contribution in [-0.4, -0.2) is 34.1 Å². The molecule has 2 aromatic rings. The Morgan fingerprint density at radius 1 is 1.07 bits per heavy atom. The van der Waals surface area contributed by atoms with E-state index < -0.39 is 29.6 Å². The zero-order valence-electron chi connectivity index (χ0n) is 17.1. The molecule has 150 valence electrons. The highest BCUT2D eigenvalue weighted by Crippen LogP contribution is 2.21. The van der Waals surface area contributed by atoms with Crippen LogP contribution in [0.1, 0.15) is 49.4 Å². The largest absolute Gasteiger partial charge is 0.449 e. The minimum atomic E-state index is -1.11. The molecule has 0 radical (unpaired) electrons. The maximum absolute atomic E-state index is 12.6. The lowest BCUT2D eigenvalue weighted by Crippen LogP contribution is -2.50. The molecule has 2 rings (SSSR count). The van der Waals surface area contributed by atoms with Gasteiger partial charge in [0.25, 0.3) is 5.91 Å². The number of urea groups is 1. The van der Waals surface area contributed by atoms with E-state index in [1.807, 2.05) is 48.7 Å². The highest BCUT2D eigenvalue weighted by Gasteiger charge is 2.25. The first kappa shape index (κ1) is 21.2. The Morgan fingerprint density at radius 3 is 2.25 bits per heavy atom. The number of para-hydroxylation sites is 1. The van der Waals surface area contributed by atoms with Crippen LogP contribution in [0.2, 0.25) is 0 Å². The predicted octanol–water partition coefficient (Wildman–Crippen LogP) is 3.26. The van der Waals surface area contributed by atoms with Crippen LogP contribution in [0.25, 0.3) is 5.69 Å². The van der Waals surface area contributed by atoms with Crippen molar-refractivity contribution in [3.63, 3.8) is 0 Å². The van der Waals surface area contributed by atoms with E-state index in [9.17, 15) is 14.4 Å². The van der Waals surface area contributed by atoms with Crippen LogP contribution in [0.5, 0.6) is 0 Å². The maximum Gasteiger partial charge on any atom is 0.340 e. The van der Waals surface area contributed by atoms with Crippen molar-refractivity contribution in [1.29, 1.82) is 0 Å². The zero-order valence-corrected chi connectivity index (χ0v) is 17.1. The number of amides is 3. The van der Waals surface area contributed by atoms with Crippen molar-refractivity contribution in [2.75, 3.05) is 0 Å². The molecule has 1 unspecified atom stereocenters. The van der Waals surface area contributed by atoms with Crippen molar-refractivity contribution in [2.45, 2.75) is 53.2 Å². The van der Waals surface area contributed by atoms with Crippen molar-refractivity contribution in [3.8, 4) is 5.69 Å². The van der Waals surface area contributed by atoms with E-state index in [1.54, 1.807) is 26.8 Å². The van der Waals surface area contributed by atoms with E-state index in [2.05, 4.69) is 10.6 Å². The Kier molecular flexibility index (Phi) is 6.28. The topological polar surface area (TPSA) is 89.4 Å². The number of aromatic nitrogens is 1. The van der Waals surface area contributed by atoms with E-state index >= 15 is 0 Å². The Hall–Kier alpha value is -3.09. The van der Waals surface area contributed by atoms with Crippen molar-refractivity contribution in [1.82, 2.24) is 15.2 Å². The third-order valence-electron chi connectivity index (χ3n) is 4.04. The molecule has 7 nitrogen and oxygen atoms in total. The van der Waals surface area contributed by atoms with E-state index in [1.165, 1.54) is 6.92 Å². The van der Waals surface area contributed by atoms with Crippen LogP contribution in [0.15, 0.2) is 36.4 Å². The Balaban J connectivity index is 2.09. The number of nitrogens with one attached hydrogen (secondary N) is 2. The summed E-state index contributed by atoms with van der Waals surface area (Å²) in [4.78, 5) is 36.5. The molecule has 1 atom stereocenters. The fraction of sp³-hybridized carbons (Fsp3) is 0.381. The number of imide groups is 1. The summed E-state index contributed by atoms with van der Waals surface area (Å²) in [6.45, 7) is 10.5. The Morgan fingerprint density at radius 2 is 1.68 bits per heavy atom. The normalized spacial score (nSPS) is 12.2. The first-order valence-electron chi connectivity index (χ1n) is 9.08. The van der Waals surface area contributed by atoms with E-state index in [4.69, 9.17) is 4.74 Å². The number of aryl methyl sites for hydroxylation is 1. The summed E-state index contributed by atoms with van der Waals surface area (Å²) in [5, 5.41) is 4.79. The third kappa shape index (κ3) is 5.22. The molecule has 2 N–H and O–H groups in total. The van der Waals surface area contributed by atoms with E-state index in [0.717, 1.165) is 11.4 Å². The first-order valence-corrected chi connectivity index (χ1v) is 9.08. The Labute approximate surface area is 165 Å². The number of rotatable bonds is 4. The molecule has 0 fully saturated rings. The van der Waals surface area contributed by atoms with Gasteiger partial charge in [-0.3, -0.25) is 10.1 Å². The van der Waals surface area contributed by atoms with Crippen LogP contribution in [-0.2, 0) is 9.53 Å². The summed E-state index contributed by atoms with van der Waals surface area (Å²) in [7, 11) is 0. The molecular formula is C21H27N3O4. The van der Waals surface area contributed by atoms with Crippen molar-refractivity contribution >= 4 is 17.9 Å². The molecule has 0 saturated heterocycles. The summed E-state index contributed by atoms with van der Waals surface area (Å²) in [6.07, 6.45) is -1.11. The smallest absolute Gasteiger partial charge is 0.340 e. The van der Waals surface area contributed by atoms with Crippen LogP contribution in [0.3, 0.4) is 0 Å². The summed E-state index contributed by atoms with van der Waals surface area (Å²) >= 11 is 0. The molecule has 3 amide bonds. The minimum absolute atomic E-state index is 0.375. The lowest BCUT2D eigenvalue weighted by atomic mass is 10.1. The zero-order chi connectivity index (χ0) is 21.1. The Bertz CT molecular complexity index is 879. The van der Waals surface area contributed by atoms with Crippen molar-refractivity contribution in [3.05, 3.63) is 53.3 Å². The van der Waals surface area contributed by atoms with Gasteiger partial charge in [0.1, 0.15) is 0 Å². The second-order valence-corrected chi connectivity index (χ2v) is 7.70. The van der Waals surface area contributed by atoms with Gasteiger partial charge in [-0.05, 0) is 59.7 Å². The number of ether oxygens (including phenoxy) is 1. The van der Waals surface area contributed by atoms with Crippen molar-refractivity contribution < 1.29 is 19.1 Å². The standard InChI is InChI=1S/C21H27N3O4/c1-13-12-17(14(2)24(13)16-10-8-7-9-11-16)19(26)28-15(3)18(25)22-20(27)23-21(4,5)6/h7-12,15H,1-6H3,(H2,22,23,25,27). The van der Waals surface area contributed by atoms with Gasteiger partial charge in [-0.15, -0.1) is 0 Å². The van der Waals surface area contributed by atoms with Crippen LogP contribution >= 0.6 is 0 Å². The number of nitrogens with zero attached hydrogens (tertiary/aromatic N) is 1. The van der Waals surface area contributed by atoms with Gasteiger partial charge in [-0.2, -0.15) is 0 Å². The van der Waals surface area contributed by atoms with Crippen LogP contribution in [0, 0.1) is 13.8 Å². The minimum Gasteiger partial charge on any atom is -0.449 e. The quantitative estimate of drug-likeness (QED) is 0.791. The number of benzene rings is 1. The molecule has 1 aromatic heterocycles. The van der Waals surface area contributed by atoms with Gasteiger partial charge in [0.05, 0.1) is 5.56 Å². The summed E-state index contributed by atoms with van der Waals surface area (Å²) in [6, 6.07) is 10.7. The maximum atomic E-state index is 12.6. The summed E-state index contributed by atoms with van der Waals surface area (Å²) < 4.78 is 7.21.